The van der Waals surface area contributed by atoms with E-state index in [9.17, 15) is 14.9 Å². The molecular weight excluding hydrogens is 370 g/mol. The lowest BCUT2D eigenvalue weighted by Crippen LogP contribution is -2.20. The van der Waals surface area contributed by atoms with Crippen LogP contribution in [0, 0.1) is 17.0 Å². The molecule has 0 N–H and O–H groups in total. The molecule has 0 atom stereocenters. The van der Waals surface area contributed by atoms with Gasteiger partial charge in [0.2, 0.25) is 0 Å². The van der Waals surface area contributed by atoms with Gasteiger partial charge in [-0.25, -0.2) is 4.98 Å². The summed E-state index contributed by atoms with van der Waals surface area (Å²) in [6.45, 7) is 2.28. The van der Waals surface area contributed by atoms with Crippen molar-refractivity contribution in [3.63, 3.8) is 0 Å². The maximum Gasteiger partial charge on any atom is 0.324 e. The van der Waals surface area contributed by atoms with Crippen molar-refractivity contribution in [1.82, 2.24) is 9.55 Å². The van der Waals surface area contributed by atoms with Crippen LogP contribution in [0.15, 0.2) is 52.2 Å². The zero-order valence-corrected chi connectivity index (χ0v) is 15.3. The normalized spacial score (nSPS) is 11.1. The molecule has 0 bridgehead atoms. The second kappa shape index (κ2) is 6.47. The molecule has 26 heavy (non-hydrogen) atoms. The quantitative estimate of drug-likeness (QED) is 0.385. The van der Waals surface area contributed by atoms with E-state index in [0.717, 1.165) is 33.6 Å². The van der Waals surface area contributed by atoms with Crippen LogP contribution in [0.3, 0.4) is 0 Å². The van der Waals surface area contributed by atoms with E-state index in [1.54, 1.807) is 5.38 Å². The van der Waals surface area contributed by atoms with Gasteiger partial charge >= 0.3 is 5.00 Å². The average Bonchev–Trinajstić information content (AvgIpc) is 3.25. The molecule has 8 heteroatoms. The predicted octanol–water partition coefficient (Wildman–Crippen LogP) is 4.45. The lowest BCUT2D eigenvalue weighted by Gasteiger charge is -2.05. The molecule has 0 unspecified atom stereocenters. The van der Waals surface area contributed by atoms with Crippen LogP contribution in [0.1, 0.15) is 11.1 Å². The molecule has 0 saturated carbocycles. The first kappa shape index (κ1) is 16.6. The first-order valence-corrected chi connectivity index (χ1v) is 9.54. The Hall–Kier alpha value is -2.84. The summed E-state index contributed by atoms with van der Waals surface area (Å²) in [7, 11) is 0. The summed E-state index contributed by atoms with van der Waals surface area (Å²) in [5.74, 6) is 0. The van der Waals surface area contributed by atoms with Crippen molar-refractivity contribution in [2.24, 2.45) is 0 Å². The highest BCUT2D eigenvalue weighted by Crippen LogP contribution is 2.31. The van der Waals surface area contributed by atoms with Crippen molar-refractivity contribution in [3.05, 3.63) is 79.0 Å². The molecule has 0 fully saturated rings. The smallest absolute Gasteiger partial charge is 0.294 e. The first-order valence-electron chi connectivity index (χ1n) is 7.78. The van der Waals surface area contributed by atoms with E-state index in [2.05, 4.69) is 4.98 Å². The minimum atomic E-state index is -0.424. The number of rotatable bonds is 4. The second-order valence-electron chi connectivity index (χ2n) is 5.92. The Morgan fingerprint density at radius 1 is 1.19 bits per heavy atom. The largest absolute Gasteiger partial charge is 0.324 e. The molecule has 3 heterocycles. The Morgan fingerprint density at radius 2 is 1.96 bits per heavy atom. The summed E-state index contributed by atoms with van der Waals surface area (Å²) < 4.78 is 1.50. The Kier molecular flexibility index (Phi) is 4.14. The molecule has 0 saturated heterocycles. The number of hydrogen-bond acceptors (Lipinski definition) is 6. The van der Waals surface area contributed by atoms with Crippen LogP contribution in [0.2, 0.25) is 0 Å². The van der Waals surface area contributed by atoms with E-state index in [1.165, 1.54) is 28.3 Å². The third kappa shape index (κ3) is 2.93. The minimum absolute atomic E-state index is 0.0676. The molecule has 4 rings (SSSR count). The van der Waals surface area contributed by atoms with E-state index < -0.39 is 4.92 Å². The van der Waals surface area contributed by atoms with Gasteiger partial charge in [-0.2, -0.15) is 0 Å². The van der Waals surface area contributed by atoms with Crippen molar-refractivity contribution < 1.29 is 4.92 Å². The van der Waals surface area contributed by atoms with Crippen molar-refractivity contribution in [2.75, 3.05) is 0 Å². The number of fused-ring (bicyclic) bond motifs is 1. The van der Waals surface area contributed by atoms with Crippen molar-refractivity contribution in [2.45, 2.75) is 13.5 Å². The van der Waals surface area contributed by atoms with E-state index >= 15 is 0 Å². The van der Waals surface area contributed by atoms with Gasteiger partial charge in [-0.1, -0.05) is 41.2 Å². The van der Waals surface area contributed by atoms with E-state index in [-0.39, 0.29) is 17.1 Å². The van der Waals surface area contributed by atoms with Gasteiger partial charge in [0.1, 0.15) is 4.83 Å². The van der Waals surface area contributed by atoms with Gasteiger partial charge in [0.15, 0.2) is 0 Å². The SMILES string of the molecule is Cc1ccc(-c2csc3ncn(Cc4csc([N+](=O)[O-])c4)c(=O)c23)cc1. The van der Waals surface area contributed by atoms with E-state index in [1.807, 2.05) is 36.6 Å². The molecule has 0 amide bonds. The summed E-state index contributed by atoms with van der Waals surface area (Å²) in [5, 5.41) is 15.1. The third-order valence-corrected chi connectivity index (χ3v) is 5.91. The Morgan fingerprint density at radius 3 is 2.65 bits per heavy atom. The number of benzene rings is 1. The highest BCUT2D eigenvalue weighted by atomic mass is 32.1. The van der Waals surface area contributed by atoms with E-state index in [4.69, 9.17) is 0 Å². The Balaban J connectivity index is 1.78. The van der Waals surface area contributed by atoms with Gasteiger partial charge in [0.05, 0.1) is 23.2 Å². The zero-order valence-electron chi connectivity index (χ0n) is 13.7. The molecule has 0 aliphatic carbocycles. The first-order chi connectivity index (χ1) is 12.5. The lowest BCUT2D eigenvalue weighted by atomic mass is 10.1. The van der Waals surface area contributed by atoms with Gasteiger partial charge < -0.3 is 0 Å². The highest BCUT2D eigenvalue weighted by molar-refractivity contribution is 7.17. The fourth-order valence-electron chi connectivity index (χ4n) is 2.76. The topological polar surface area (TPSA) is 78.0 Å². The number of thiophene rings is 2. The summed E-state index contributed by atoms with van der Waals surface area (Å²) >= 11 is 2.50. The summed E-state index contributed by atoms with van der Waals surface area (Å²) in [6.07, 6.45) is 1.50. The molecule has 1 aromatic carbocycles. The van der Waals surface area contributed by atoms with Crippen LogP contribution < -0.4 is 5.56 Å². The summed E-state index contributed by atoms with van der Waals surface area (Å²) in [4.78, 5) is 28.5. The average molecular weight is 383 g/mol. The fraction of sp³-hybridized carbons (Fsp3) is 0.111. The number of aryl methyl sites for hydroxylation is 1. The van der Waals surface area contributed by atoms with Gasteiger partial charge in [-0.15, -0.1) is 11.3 Å². The Bertz CT molecular complexity index is 1170. The maximum atomic E-state index is 13.0. The molecule has 0 radical (unpaired) electrons. The molecule has 3 aromatic heterocycles. The zero-order chi connectivity index (χ0) is 18.3. The number of hydrogen-bond donors (Lipinski definition) is 0. The standard InChI is InChI=1S/C18H13N3O3S2/c1-11-2-4-13(5-3-11)14-9-26-17-16(14)18(22)20(10-19-17)7-12-6-15(21(23)24)25-8-12/h2-6,8-10H,7H2,1H3. The predicted molar refractivity (Wildman–Crippen MR) is 104 cm³/mol. The number of aromatic nitrogens is 2. The lowest BCUT2D eigenvalue weighted by molar-refractivity contribution is -0.380. The molecule has 130 valence electrons. The molecular formula is C18H13N3O3S2. The molecule has 0 aliphatic rings. The molecule has 6 nitrogen and oxygen atoms in total. The molecule has 0 spiro atoms. The molecule has 4 aromatic rings. The van der Waals surface area contributed by atoms with Crippen LogP contribution >= 0.6 is 22.7 Å². The second-order valence-corrected chi connectivity index (χ2v) is 7.67. The van der Waals surface area contributed by atoms with Gasteiger partial charge in [0, 0.05) is 22.4 Å². The number of nitrogens with zero attached hydrogens (tertiary/aromatic N) is 3. The van der Waals surface area contributed by atoms with Crippen molar-refractivity contribution >= 4 is 37.9 Å². The van der Waals surface area contributed by atoms with Gasteiger partial charge in [0.25, 0.3) is 5.56 Å². The summed E-state index contributed by atoms with van der Waals surface area (Å²) in [6, 6.07) is 9.51. The monoisotopic (exact) mass is 383 g/mol. The van der Waals surface area contributed by atoms with Crippen LogP contribution in [0.4, 0.5) is 5.00 Å². The minimum Gasteiger partial charge on any atom is -0.294 e. The Labute approximate surface area is 156 Å². The molecule has 0 aliphatic heterocycles. The third-order valence-electron chi connectivity index (χ3n) is 4.10. The van der Waals surface area contributed by atoms with Gasteiger partial charge in [-0.05, 0) is 18.1 Å². The van der Waals surface area contributed by atoms with Gasteiger partial charge in [-0.3, -0.25) is 19.5 Å². The van der Waals surface area contributed by atoms with E-state index in [0.29, 0.717) is 10.2 Å². The van der Waals surface area contributed by atoms with Crippen LogP contribution in [0.5, 0.6) is 0 Å². The summed E-state index contributed by atoms with van der Waals surface area (Å²) in [5.41, 5.74) is 3.58. The fourth-order valence-corrected chi connectivity index (χ4v) is 4.39. The van der Waals surface area contributed by atoms with Crippen molar-refractivity contribution in [3.8, 4) is 11.1 Å². The van der Waals surface area contributed by atoms with Crippen LogP contribution in [0.25, 0.3) is 21.3 Å². The number of nitro groups is 1. The van der Waals surface area contributed by atoms with Crippen molar-refractivity contribution in [1.29, 1.82) is 0 Å². The maximum absolute atomic E-state index is 13.0. The van der Waals surface area contributed by atoms with Crippen LogP contribution in [-0.4, -0.2) is 14.5 Å². The highest BCUT2D eigenvalue weighted by Gasteiger charge is 2.15. The van der Waals surface area contributed by atoms with Crippen LogP contribution in [-0.2, 0) is 6.54 Å².